The Morgan fingerprint density at radius 1 is 1.22 bits per heavy atom. The van der Waals surface area contributed by atoms with Crippen LogP contribution in [0.15, 0.2) is 22.7 Å². The number of hydrogen-bond acceptors (Lipinski definition) is 3. The van der Waals surface area contributed by atoms with Gasteiger partial charge in [0.05, 0.1) is 0 Å². The molecule has 1 aromatic carbocycles. The van der Waals surface area contributed by atoms with E-state index in [1.807, 2.05) is 7.05 Å². The highest BCUT2D eigenvalue weighted by molar-refractivity contribution is 9.10. The summed E-state index contributed by atoms with van der Waals surface area (Å²) in [6, 6.07) is 6.93. The molecule has 0 saturated heterocycles. The molecule has 18 heavy (non-hydrogen) atoms. The number of benzene rings is 1. The van der Waals surface area contributed by atoms with Crippen LogP contribution in [0, 0.1) is 0 Å². The van der Waals surface area contributed by atoms with Crippen LogP contribution in [0.2, 0.25) is 0 Å². The average molecular weight is 314 g/mol. The van der Waals surface area contributed by atoms with Crippen molar-refractivity contribution in [2.45, 2.75) is 13.0 Å². The van der Waals surface area contributed by atoms with Gasteiger partial charge in [-0.25, -0.2) is 0 Å². The third kappa shape index (κ3) is 4.26. The lowest BCUT2D eigenvalue weighted by molar-refractivity contribution is 0.416. The van der Waals surface area contributed by atoms with Gasteiger partial charge in [0, 0.05) is 36.3 Å². The molecule has 0 aliphatic rings. The van der Waals surface area contributed by atoms with Gasteiger partial charge in [-0.3, -0.25) is 0 Å². The largest absolute Gasteiger partial charge is 0.373 e. The van der Waals surface area contributed by atoms with Crippen LogP contribution in [0.5, 0.6) is 0 Å². The van der Waals surface area contributed by atoms with E-state index >= 15 is 0 Å². The van der Waals surface area contributed by atoms with Gasteiger partial charge < -0.3 is 15.1 Å². The second-order valence-electron chi connectivity index (χ2n) is 4.94. The number of nitrogens with one attached hydrogen (secondary N) is 1. The maximum Gasteiger partial charge on any atom is 0.0375 e. The summed E-state index contributed by atoms with van der Waals surface area (Å²) in [7, 11) is 8.31. The quantitative estimate of drug-likeness (QED) is 0.871. The van der Waals surface area contributed by atoms with E-state index in [4.69, 9.17) is 0 Å². The molecule has 0 saturated carbocycles. The van der Waals surface area contributed by atoms with Gasteiger partial charge in [-0.05, 0) is 45.8 Å². The van der Waals surface area contributed by atoms with Crippen molar-refractivity contribution in [2.75, 3.05) is 46.2 Å². The zero-order chi connectivity index (χ0) is 13.7. The third-order valence-corrected chi connectivity index (χ3v) is 3.89. The summed E-state index contributed by atoms with van der Waals surface area (Å²) in [4.78, 5) is 4.47. The molecule has 0 fully saturated rings. The van der Waals surface area contributed by atoms with E-state index in [0.29, 0.717) is 6.04 Å². The minimum atomic E-state index is 0.362. The Bertz CT molecular complexity index is 379. The highest BCUT2D eigenvalue weighted by atomic mass is 79.9. The maximum atomic E-state index is 3.66. The average Bonchev–Trinajstić information content (AvgIpc) is 2.34. The summed E-state index contributed by atoms with van der Waals surface area (Å²) in [5.74, 6) is 0. The molecule has 0 aliphatic carbocycles. The Hall–Kier alpha value is -0.580. The van der Waals surface area contributed by atoms with Gasteiger partial charge in [0.25, 0.3) is 0 Å². The predicted molar refractivity (Wildman–Crippen MR) is 83.4 cm³/mol. The molecule has 0 amide bonds. The van der Waals surface area contributed by atoms with Crippen LogP contribution >= 0.6 is 15.9 Å². The minimum absolute atomic E-state index is 0.362. The highest BCUT2D eigenvalue weighted by Crippen LogP contribution is 2.27. The van der Waals surface area contributed by atoms with Crippen molar-refractivity contribution in [2.24, 2.45) is 0 Å². The van der Waals surface area contributed by atoms with Gasteiger partial charge in [-0.1, -0.05) is 22.0 Å². The van der Waals surface area contributed by atoms with E-state index in [1.165, 1.54) is 15.7 Å². The van der Waals surface area contributed by atoms with Crippen LogP contribution in [-0.4, -0.2) is 46.2 Å². The molecule has 1 atom stereocenters. The second kappa shape index (κ2) is 7.12. The van der Waals surface area contributed by atoms with Crippen molar-refractivity contribution in [1.82, 2.24) is 10.2 Å². The Morgan fingerprint density at radius 2 is 1.89 bits per heavy atom. The molecule has 1 aromatic rings. The van der Waals surface area contributed by atoms with E-state index in [-0.39, 0.29) is 0 Å². The first-order chi connectivity index (χ1) is 8.45. The van der Waals surface area contributed by atoms with Crippen LogP contribution in [-0.2, 0) is 0 Å². The first-order valence-electron chi connectivity index (χ1n) is 6.28. The van der Waals surface area contributed by atoms with Gasteiger partial charge in [-0.2, -0.15) is 0 Å². The van der Waals surface area contributed by atoms with Gasteiger partial charge in [-0.15, -0.1) is 0 Å². The Balaban J connectivity index is 2.77. The number of nitrogens with zero attached hydrogens (tertiary/aromatic N) is 2. The van der Waals surface area contributed by atoms with E-state index in [9.17, 15) is 0 Å². The minimum Gasteiger partial charge on any atom is -0.373 e. The molecule has 0 bridgehead atoms. The highest BCUT2D eigenvalue weighted by Gasteiger charge is 2.09. The van der Waals surface area contributed by atoms with Crippen molar-refractivity contribution in [3.05, 3.63) is 28.2 Å². The van der Waals surface area contributed by atoms with Crippen LogP contribution < -0.4 is 10.2 Å². The number of hydrogen-bond donors (Lipinski definition) is 1. The Morgan fingerprint density at radius 3 is 2.39 bits per heavy atom. The molecule has 0 heterocycles. The fourth-order valence-electron chi connectivity index (χ4n) is 1.74. The zero-order valence-electron chi connectivity index (χ0n) is 12.0. The van der Waals surface area contributed by atoms with Crippen LogP contribution in [0.4, 0.5) is 5.69 Å². The van der Waals surface area contributed by atoms with Gasteiger partial charge in [0.1, 0.15) is 0 Å². The Kier molecular flexibility index (Phi) is 6.12. The van der Waals surface area contributed by atoms with Crippen molar-refractivity contribution in [1.29, 1.82) is 0 Å². The lowest BCUT2D eigenvalue weighted by Gasteiger charge is -2.23. The number of likely N-dealkylation sites (N-methyl/N-ethyl adjacent to an activating group) is 2. The molecule has 1 rings (SSSR count). The maximum absolute atomic E-state index is 3.66. The van der Waals surface area contributed by atoms with E-state index in [1.54, 1.807) is 0 Å². The molecule has 0 aromatic heterocycles. The molecule has 3 nitrogen and oxygen atoms in total. The number of rotatable bonds is 6. The summed E-state index contributed by atoms with van der Waals surface area (Å²) in [6.07, 6.45) is 0. The van der Waals surface area contributed by atoms with E-state index < -0.39 is 0 Å². The molecular weight excluding hydrogens is 290 g/mol. The summed E-state index contributed by atoms with van der Waals surface area (Å²) in [6.45, 7) is 4.25. The fraction of sp³-hybridized carbons (Fsp3) is 0.571. The molecule has 0 radical (unpaired) electrons. The predicted octanol–water partition coefficient (Wildman–Crippen LogP) is 2.73. The Labute approximate surface area is 119 Å². The lowest BCUT2D eigenvalue weighted by Crippen LogP contribution is -2.28. The lowest BCUT2D eigenvalue weighted by atomic mass is 10.1. The van der Waals surface area contributed by atoms with Crippen LogP contribution in [0.25, 0.3) is 0 Å². The van der Waals surface area contributed by atoms with Crippen molar-refractivity contribution >= 4 is 21.6 Å². The number of anilines is 1. The molecule has 0 spiro atoms. The molecular formula is C14H24BrN3. The molecule has 1 N–H and O–H groups in total. The molecule has 4 heteroatoms. The monoisotopic (exact) mass is 313 g/mol. The summed E-state index contributed by atoms with van der Waals surface area (Å²) in [5, 5.41) is 3.26. The second-order valence-corrected chi connectivity index (χ2v) is 5.80. The molecule has 0 aliphatic heterocycles. The normalized spacial score (nSPS) is 12.8. The van der Waals surface area contributed by atoms with Gasteiger partial charge in [0.15, 0.2) is 0 Å². The molecule has 1 unspecified atom stereocenters. The van der Waals surface area contributed by atoms with Gasteiger partial charge in [0.2, 0.25) is 0 Å². The van der Waals surface area contributed by atoms with Crippen LogP contribution in [0.3, 0.4) is 0 Å². The fourth-order valence-corrected chi connectivity index (χ4v) is 2.45. The third-order valence-electron chi connectivity index (χ3n) is 3.21. The van der Waals surface area contributed by atoms with Crippen molar-refractivity contribution in [3.8, 4) is 0 Å². The smallest absolute Gasteiger partial charge is 0.0375 e. The van der Waals surface area contributed by atoms with Gasteiger partial charge >= 0.3 is 0 Å². The SMILES string of the molecule is CNC(C)c1ccc(N(C)CCN(C)C)cc1Br. The summed E-state index contributed by atoms with van der Waals surface area (Å²) < 4.78 is 1.17. The summed E-state index contributed by atoms with van der Waals surface area (Å²) >= 11 is 3.66. The van der Waals surface area contributed by atoms with E-state index in [2.05, 4.69) is 77.3 Å². The van der Waals surface area contributed by atoms with Crippen molar-refractivity contribution in [3.63, 3.8) is 0 Å². The first-order valence-corrected chi connectivity index (χ1v) is 7.07. The topological polar surface area (TPSA) is 18.5 Å². The number of halogens is 1. The van der Waals surface area contributed by atoms with E-state index in [0.717, 1.165) is 13.1 Å². The summed E-state index contributed by atoms with van der Waals surface area (Å²) in [5.41, 5.74) is 2.54. The zero-order valence-corrected chi connectivity index (χ0v) is 13.6. The van der Waals surface area contributed by atoms with Crippen molar-refractivity contribution < 1.29 is 0 Å². The molecule has 102 valence electrons. The standard InChI is InChI=1S/C14H24BrN3/c1-11(16-2)13-7-6-12(10-14(13)15)18(5)9-8-17(3)4/h6-7,10-11,16H,8-9H2,1-5H3. The first kappa shape index (κ1) is 15.5. The van der Waals surface area contributed by atoms with Crippen LogP contribution in [0.1, 0.15) is 18.5 Å².